The Morgan fingerprint density at radius 3 is 2.69 bits per heavy atom. The van der Waals surface area contributed by atoms with Crippen molar-refractivity contribution < 1.29 is 18.7 Å². The molecule has 0 radical (unpaired) electrons. The van der Waals surface area contributed by atoms with E-state index in [0.29, 0.717) is 17.4 Å². The summed E-state index contributed by atoms with van der Waals surface area (Å²) in [5.41, 5.74) is 1.46. The van der Waals surface area contributed by atoms with E-state index in [-0.39, 0.29) is 36.8 Å². The molecule has 0 aliphatic heterocycles. The predicted molar refractivity (Wildman–Crippen MR) is 97.4 cm³/mol. The van der Waals surface area contributed by atoms with Gasteiger partial charge < -0.3 is 10.1 Å². The summed E-state index contributed by atoms with van der Waals surface area (Å²) in [4.78, 5) is 30.2. The molecule has 1 aromatic heterocycles. The molecule has 26 heavy (non-hydrogen) atoms. The summed E-state index contributed by atoms with van der Waals surface area (Å²) in [5, 5.41) is 5.04. The first-order valence-electron chi connectivity index (χ1n) is 8.46. The maximum atomic E-state index is 13.0. The summed E-state index contributed by atoms with van der Waals surface area (Å²) in [6.07, 6.45) is 1.97. The maximum absolute atomic E-state index is 13.0. The van der Waals surface area contributed by atoms with Crippen LogP contribution in [0.2, 0.25) is 0 Å². The summed E-state index contributed by atoms with van der Waals surface area (Å²) in [6, 6.07) is 6.29. The number of halogens is 1. The number of nitrogens with zero attached hydrogens (tertiary/aromatic N) is 2. The Bertz CT molecular complexity index is 774. The molecule has 1 saturated carbocycles. The average Bonchev–Trinajstić information content (AvgIpc) is 3.35. The topological polar surface area (TPSA) is 71.5 Å². The first kappa shape index (κ1) is 18.5. The Balaban J connectivity index is 1.57. The van der Waals surface area contributed by atoms with E-state index in [1.165, 1.54) is 23.5 Å². The van der Waals surface area contributed by atoms with E-state index >= 15 is 0 Å². The van der Waals surface area contributed by atoms with Gasteiger partial charge in [-0.3, -0.25) is 14.5 Å². The molecule has 3 rings (SSSR count). The van der Waals surface area contributed by atoms with Crippen molar-refractivity contribution in [1.29, 1.82) is 0 Å². The first-order valence-corrected chi connectivity index (χ1v) is 9.34. The fourth-order valence-corrected chi connectivity index (χ4v) is 3.29. The van der Waals surface area contributed by atoms with Crippen LogP contribution in [0, 0.1) is 5.82 Å². The maximum Gasteiger partial charge on any atom is 0.320 e. The van der Waals surface area contributed by atoms with Crippen molar-refractivity contribution in [1.82, 2.24) is 9.88 Å². The summed E-state index contributed by atoms with van der Waals surface area (Å²) in [6.45, 7) is 2.32. The molecule has 0 atom stereocenters. The highest BCUT2D eigenvalue weighted by Gasteiger charge is 2.32. The van der Waals surface area contributed by atoms with Crippen molar-refractivity contribution in [3.8, 4) is 11.3 Å². The van der Waals surface area contributed by atoms with Gasteiger partial charge in [-0.1, -0.05) is 0 Å². The molecule has 0 saturated heterocycles. The number of thiazole rings is 1. The van der Waals surface area contributed by atoms with Gasteiger partial charge in [0.1, 0.15) is 5.82 Å². The Hall–Kier alpha value is -2.32. The highest BCUT2D eigenvalue weighted by atomic mass is 32.1. The lowest BCUT2D eigenvalue weighted by atomic mass is 10.2. The number of hydrogen-bond donors (Lipinski definition) is 1. The SMILES string of the molecule is CCOC(=O)CN(CC(=O)Nc1nc(-c2ccc(F)cc2)cs1)C1CC1. The van der Waals surface area contributed by atoms with E-state index in [2.05, 4.69) is 10.3 Å². The molecule has 1 aliphatic carbocycles. The third kappa shape index (κ3) is 5.09. The standard InChI is InChI=1S/C18H20FN3O3S/c1-2-25-17(24)10-22(14-7-8-14)9-16(23)21-18-20-15(11-26-18)12-3-5-13(19)6-4-12/h3-6,11,14H,2,7-10H2,1H3,(H,20,21,23). The van der Waals surface area contributed by atoms with Crippen molar-refractivity contribution in [3.05, 3.63) is 35.5 Å². The molecule has 138 valence electrons. The lowest BCUT2D eigenvalue weighted by Gasteiger charge is -2.19. The van der Waals surface area contributed by atoms with E-state index in [0.717, 1.165) is 18.4 Å². The number of carbonyl (C=O) groups is 2. The minimum atomic E-state index is -0.319. The minimum Gasteiger partial charge on any atom is -0.465 e. The van der Waals surface area contributed by atoms with Gasteiger partial charge in [-0.2, -0.15) is 0 Å². The van der Waals surface area contributed by atoms with Crippen LogP contribution >= 0.6 is 11.3 Å². The van der Waals surface area contributed by atoms with Gasteiger partial charge in [-0.25, -0.2) is 9.37 Å². The van der Waals surface area contributed by atoms with Gasteiger partial charge in [0.15, 0.2) is 5.13 Å². The number of ether oxygens (including phenoxy) is 1. The lowest BCUT2D eigenvalue weighted by Crippen LogP contribution is -2.39. The largest absolute Gasteiger partial charge is 0.465 e. The van der Waals surface area contributed by atoms with E-state index in [4.69, 9.17) is 4.74 Å². The predicted octanol–water partition coefficient (Wildman–Crippen LogP) is 2.92. The molecule has 1 N–H and O–H groups in total. The van der Waals surface area contributed by atoms with Crippen molar-refractivity contribution in [3.63, 3.8) is 0 Å². The fraction of sp³-hybridized carbons (Fsp3) is 0.389. The zero-order valence-electron chi connectivity index (χ0n) is 14.4. The van der Waals surface area contributed by atoms with Crippen LogP contribution in [0.15, 0.2) is 29.6 Å². The van der Waals surface area contributed by atoms with Gasteiger partial charge in [0.05, 0.1) is 25.4 Å². The second kappa shape index (κ2) is 8.37. The molecule has 1 fully saturated rings. The van der Waals surface area contributed by atoms with Crippen LogP contribution in [0.1, 0.15) is 19.8 Å². The fourth-order valence-electron chi connectivity index (χ4n) is 2.55. The number of rotatable bonds is 8. The molecular weight excluding hydrogens is 357 g/mol. The quantitative estimate of drug-likeness (QED) is 0.716. The van der Waals surface area contributed by atoms with Gasteiger partial charge in [-0.15, -0.1) is 11.3 Å². The molecule has 0 spiro atoms. The summed E-state index contributed by atoms with van der Waals surface area (Å²) >= 11 is 1.30. The molecule has 1 aliphatic rings. The Morgan fingerprint density at radius 1 is 1.31 bits per heavy atom. The third-order valence-corrected chi connectivity index (χ3v) is 4.70. The molecule has 0 unspecified atom stereocenters. The number of hydrogen-bond acceptors (Lipinski definition) is 6. The van der Waals surface area contributed by atoms with Crippen LogP contribution in [0.4, 0.5) is 9.52 Å². The van der Waals surface area contributed by atoms with Crippen LogP contribution in [-0.4, -0.2) is 47.5 Å². The Labute approximate surface area is 155 Å². The smallest absolute Gasteiger partial charge is 0.320 e. The number of esters is 1. The van der Waals surface area contributed by atoms with Crippen LogP contribution in [-0.2, 0) is 14.3 Å². The summed E-state index contributed by atoms with van der Waals surface area (Å²) < 4.78 is 18.0. The lowest BCUT2D eigenvalue weighted by molar-refractivity contribution is -0.144. The van der Waals surface area contributed by atoms with E-state index in [1.807, 2.05) is 4.90 Å². The van der Waals surface area contributed by atoms with Gasteiger partial charge in [0, 0.05) is 17.0 Å². The van der Waals surface area contributed by atoms with Crippen LogP contribution in [0.25, 0.3) is 11.3 Å². The molecule has 0 bridgehead atoms. The first-order chi connectivity index (χ1) is 12.5. The van der Waals surface area contributed by atoms with Crippen LogP contribution < -0.4 is 5.32 Å². The molecule has 8 heteroatoms. The van der Waals surface area contributed by atoms with E-state index < -0.39 is 0 Å². The second-order valence-corrected chi connectivity index (χ2v) is 6.89. The van der Waals surface area contributed by atoms with E-state index in [1.54, 1.807) is 24.4 Å². The molecule has 2 aromatic rings. The van der Waals surface area contributed by atoms with Gasteiger partial charge in [0.2, 0.25) is 5.91 Å². The number of carbonyl (C=O) groups excluding carboxylic acids is 2. The highest BCUT2D eigenvalue weighted by Crippen LogP contribution is 2.27. The molecular formula is C18H20FN3O3S. The monoisotopic (exact) mass is 377 g/mol. The zero-order chi connectivity index (χ0) is 18.5. The van der Waals surface area contributed by atoms with Gasteiger partial charge in [-0.05, 0) is 44.0 Å². The third-order valence-electron chi connectivity index (χ3n) is 3.94. The second-order valence-electron chi connectivity index (χ2n) is 6.03. The van der Waals surface area contributed by atoms with E-state index in [9.17, 15) is 14.0 Å². The molecule has 1 aromatic carbocycles. The van der Waals surface area contributed by atoms with Crippen LogP contribution in [0.5, 0.6) is 0 Å². The summed E-state index contributed by atoms with van der Waals surface area (Å²) in [7, 11) is 0. The number of nitrogens with one attached hydrogen (secondary N) is 1. The number of benzene rings is 1. The average molecular weight is 377 g/mol. The zero-order valence-corrected chi connectivity index (χ0v) is 15.2. The van der Waals surface area contributed by atoms with Crippen LogP contribution in [0.3, 0.4) is 0 Å². The van der Waals surface area contributed by atoms with Crippen molar-refractivity contribution in [2.75, 3.05) is 25.0 Å². The number of amides is 1. The number of anilines is 1. The van der Waals surface area contributed by atoms with Gasteiger partial charge >= 0.3 is 5.97 Å². The molecule has 1 amide bonds. The van der Waals surface area contributed by atoms with Crippen molar-refractivity contribution >= 4 is 28.3 Å². The molecule has 1 heterocycles. The molecule has 6 nitrogen and oxygen atoms in total. The Morgan fingerprint density at radius 2 is 2.04 bits per heavy atom. The summed E-state index contributed by atoms with van der Waals surface area (Å²) in [5.74, 6) is -0.847. The minimum absolute atomic E-state index is 0.116. The Kier molecular flexibility index (Phi) is 5.95. The number of aromatic nitrogens is 1. The normalized spacial score (nSPS) is 13.7. The highest BCUT2D eigenvalue weighted by molar-refractivity contribution is 7.14. The van der Waals surface area contributed by atoms with Crippen molar-refractivity contribution in [2.45, 2.75) is 25.8 Å². The van der Waals surface area contributed by atoms with Gasteiger partial charge in [0.25, 0.3) is 0 Å². The van der Waals surface area contributed by atoms with Crippen molar-refractivity contribution in [2.24, 2.45) is 0 Å².